The highest BCUT2D eigenvalue weighted by Crippen LogP contribution is 2.33. The van der Waals surface area contributed by atoms with E-state index in [1.54, 1.807) is 6.07 Å². The Balaban J connectivity index is 2.57. The van der Waals surface area contributed by atoms with Gasteiger partial charge in [-0.05, 0) is 24.6 Å². The Hall–Kier alpha value is -2.40. The maximum Gasteiger partial charge on any atom is 0.337 e. The zero-order valence-electron chi connectivity index (χ0n) is 13.1. The van der Waals surface area contributed by atoms with Crippen LogP contribution in [0.15, 0.2) is 36.4 Å². The normalized spacial score (nSPS) is 11.8. The monoisotopic (exact) mass is 333 g/mol. The van der Waals surface area contributed by atoms with Gasteiger partial charge in [0.2, 0.25) is 0 Å². The van der Waals surface area contributed by atoms with Crippen molar-refractivity contribution < 1.29 is 19.1 Å². The standard InChI is InChI=1S/C17H16ClNO4/c1-9-5-6-12-8-13(16(18)19-14(12)7-9)15(23-11(3)20)10(2)17(21)22-4/h5-8,15H,2H2,1,3-4H3. The number of ether oxygens (including phenoxy) is 2. The maximum absolute atomic E-state index is 11.8. The van der Waals surface area contributed by atoms with Gasteiger partial charge in [-0.3, -0.25) is 4.79 Å². The molecule has 0 aliphatic heterocycles. The highest BCUT2D eigenvalue weighted by atomic mass is 35.5. The second-order valence-electron chi connectivity index (χ2n) is 5.07. The second-order valence-corrected chi connectivity index (χ2v) is 5.43. The van der Waals surface area contributed by atoms with Crippen LogP contribution in [0.3, 0.4) is 0 Å². The topological polar surface area (TPSA) is 65.5 Å². The Morgan fingerprint density at radius 2 is 2.00 bits per heavy atom. The zero-order valence-corrected chi connectivity index (χ0v) is 13.8. The Morgan fingerprint density at radius 3 is 2.61 bits per heavy atom. The molecule has 1 aromatic heterocycles. The molecule has 23 heavy (non-hydrogen) atoms. The van der Waals surface area contributed by atoms with Crippen LogP contribution in [0.5, 0.6) is 0 Å². The van der Waals surface area contributed by atoms with E-state index < -0.39 is 18.0 Å². The van der Waals surface area contributed by atoms with E-state index in [9.17, 15) is 9.59 Å². The average Bonchev–Trinajstić information content (AvgIpc) is 2.50. The van der Waals surface area contributed by atoms with Crippen LogP contribution in [-0.4, -0.2) is 24.0 Å². The minimum Gasteiger partial charge on any atom is -0.466 e. The number of rotatable bonds is 4. The van der Waals surface area contributed by atoms with E-state index in [0.29, 0.717) is 11.1 Å². The highest BCUT2D eigenvalue weighted by Gasteiger charge is 2.27. The molecule has 0 aliphatic rings. The van der Waals surface area contributed by atoms with Gasteiger partial charge in [0.05, 0.1) is 18.2 Å². The van der Waals surface area contributed by atoms with Crippen molar-refractivity contribution in [3.63, 3.8) is 0 Å². The summed E-state index contributed by atoms with van der Waals surface area (Å²) in [5.74, 6) is -1.25. The van der Waals surface area contributed by atoms with Gasteiger partial charge < -0.3 is 9.47 Å². The van der Waals surface area contributed by atoms with E-state index in [0.717, 1.165) is 10.9 Å². The molecule has 0 bridgehead atoms. The first kappa shape index (κ1) is 17.0. The highest BCUT2D eigenvalue weighted by molar-refractivity contribution is 6.30. The molecule has 0 aliphatic carbocycles. The quantitative estimate of drug-likeness (QED) is 0.486. The summed E-state index contributed by atoms with van der Waals surface area (Å²) in [6.45, 7) is 6.84. The Bertz CT molecular complexity index is 801. The molecule has 120 valence electrons. The fourth-order valence-corrected chi connectivity index (χ4v) is 2.42. The lowest BCUT2D eigenvalue weighted by atomic mass is 10.0. The van der Waals surface area contributed by atoms with Crippen molar-refractivity contribution in [2.75, 3.05) is 7.11 Å². The third kappa shape index (κ3) is 3.68. The van der Waals surface area contributed by atoms with Gasteiger partial charge in [-0.2, -0.15) is 0 Å². The summed E-state index contributed by atoms with van der Waals surface area (Å²) in [7, 11) is 1.22. The van der Waals surface area contributed by atoms with Gasteiger partial charge >= 0.3 is 11.9 Å². The number of nitrogens with zero attached hydrogens (tertiary/aromatic N) is 1. The van der Waals surface area contributed by atoms with Crippen LogP contribution in [0.25, 0.3) is 10.9 Å². The van der Waals surface area contributed by atoms with Gasteiger partial charge in [0.25, 0.3) is 0 Å². The largest absolute Gasteiger partial charge is 0.466 e. The minimum absolute atomic E-state index is 0.0298. The summed E-state index contributed by atoms with van der Waals surface area (Å²) in [5.41, 5.74) is 2.11. The first-order chi connectivity index (χ1) is 10.8. The lowest BCUT2D eigenvalue weighted by molar-refractivity contribution is -0.147. The fourth-order valence-electron chi connectivity index (χ4n) is 2.18. The van der Waals surface area contributed by atoms with Crippen molar-refractivity contribution in [2.24, 2.45) is 0 Å². The van der Waals surface area contributed by atoms with E-state index in [1.165, 1.54) is 14.0 Å². The molecule has 6 heteroatoms. The number of fused-ring (bicyclic) bond motifs is 1. The first-order valence-electron chi connectivity index (χ1n) is 6.84. The SMILES string of the molecule is C=C(C(=O)OC)C(OC(C)=O)c1cc2ccc(C)cc2nc1Cl. The van der Waals surface area contributed by atoms with E-state index in [2.05, 4.69) is 16.3 Å². The molecule has 2 rings (SSSR count). The Kier molecular flexibility index (Phi) is 5.01. The molecule has 0 spiro atoms. The average molecular weight is 334 g/mol. The van der Waals surface area contributed by atoms with Crippen LogP contribution in [0.4, 0.5) is 0 Å². The summed E-state index contributed by atoms with van der Waals surface area (Å²) in [4.78, 5) is 27.4. The van der Waals surface area contributed by atoms with Gasteiger partial charge in [-0.25, -0.2) is 9.78 Å². The van der Waals surface area contributed by atoms with Gasteiger partial charge in [-0.15, -0.1) is 0 Å². The molecule has 0 saturated carbocycles. The fraction of sp³-hybridized carbons (Fsp3) is 0.235. The smallest absolute Gasteiger partial charge is 0.337 e. The summed E-state index contributed by atoms with van der Waals surface area (Å²) in [6, 6.07) is 7.42. The first-order valence-corrected chi connectivity index (χ1v) is 7.22. The van der Waals surface area contributed by atoms with Crippen LogP contribution in [-0.2, 0) is 19.1 Å². The molecule has 1 heterocycles. The number of aromatic nitrogens is 1. The zero-order chi connectivity index (χ0) is 17.1. The molecular weight excluding hydrogens is 318 g/mol. The number of esters is 2. The molecule has 0 amide bonds. The number of hydrogen-bond acceptors (Lipinski definition) is 5. The number of carbonyl (C=O) groups excluding carboxylic acids is 2. The van der Waals surface area contributed by atoms with Gasteiger partial charge in [-0.1, -0.05) is 30.3 Å². The Labute approximate surface area is 138 Å². The van der Waals surface area contributed by atoms with E-state index in [4.69, 9.17) is 16.3 Å². The molecule has 0 N–H and O–H groups in total. The molecule has 0 saturated heterocycles. The molecular formula is C17H16ClNO4. The molecule has 0 fully saturated rings. The molecule has 1 unspecified atom stereocenters. The van der Waals surface area contributed by atoms with Crippen LogP contribution >= 0.6 is 11.6 Å². The van der Waals surface area contributed by atoms with Gasteiger partial charge in [0.15, 0.2) is 6.10 Å². The van der Waals surface area contributed by atoms with Crippen molar-refractivity contribution in [1.82, 2.24) is 4.98 Å². The third-order valence-corrected chi connectivity index (χ3v) is 3.59. The van der Waals surface area contributed by atoms with Crippen LogP contribution in [0.2, 0.25) is 5.15 Å². The minimum atomic E-state index is -1.05. The third-order valence-electron chi connectivity index (χ3n) is 3.28. The lowest BCUT2D eigenvalue weighted by Crippen LogP contribution is -2.18. The predicted molar refractivity (Wildman–Crippen MR) is 87.2 cm³/mol. The lowest BCUT2D eigenvalue weighted by Gasteiger charge is -2.19. The number of benzene rings is 1. The van der Waals surface area contributed by atoms with E-state index in [1.807, 2.05) is 25.1 Å². The summed E-state index contributed by atoms with van der Waals surface area (Å²) < 4.78 is 9.86. The maximum atomic E-state index is 11.8. The number of aryl methyl sites for hydroxylation is 1. The van der Waals surface area contributed by atoms with Crippen molar-refractivity contribution in [3.05, 3.63) is 52.7 Å². The van der Waals surface area contributed by atoms with Crippen LogP contribution < -0.4 is 0 Å². The van der Waals surface area contributed by atoms with Crippen molar-refractivity contribution >= 4 is 34.4 Å². The number of methoxy groups -OCH3 is 1. The van der Waals surface area contributed by atoms with Crippen molar-refractivity contribution in [3.8, 4) is 0 Å². The Morgan fingerprint density at radius 1 is 1.30 bits per heavy atom. The van der Waals surface area contributed by atoms with Gasteiger partial charge in [0.1, 0.15) is 5.15 Å². The van der Waals surface area contributed by atoms with E-state index in [-0.39, 0.29) is 10.7 Å². The van der Waals surface area contributed by atoms with Crippen molar-refractivity contribution in [2.45, 2.75) is 20.0 Å². The second kappa shape index (κ2) is 6.79. The molecule has 1 atom stereocenters. The van der Waals surface area contributed by atoms with E-state index >= 15 is 0 Å². The summed E-state index contributed by atoms with van der Waals surface area (Å²) in [6.07, 6.45) is -1.05. The summed E-state index contributed by atoms with van der Waals surface area (Å²) in [5, 5.41) is 0.948. The van der Waals surface area contributed by atoms with Crippen LogP contribution in [0.1, 0.15) is 24.2 Å². The molecule has 5 nitrogen and oxygen atoms in total. The summed E-state index contributed by atoms with van der Waals surface area (Å²) >= 11 is 6.23. The number of pyridine rings is 1. The van der Waals surface area contributed by atoms with Crippen LogP contribution in [0, 0.1) is 6.92 Å². The number of carbonyl (C=O) groups is 2. The molecule has 1 aromatic carbocycles. The molecule has 0 radical (unpaired) electrons. The van der Waals surface area contributed by atoms with Gasteiger partial charge in [0, 0.05) is 17.9 Å². The predicted octanol–water partition coefficient (Wildman–Crippen LogP) is 3.53. The number of halogens is 1. The number of hydrogen-bond donors (Lipinski definition) is 0. The molecule has 2 aromatic rings. The van der Waals surface area contributed by atoms with Crippen molar-refractivity contribution in [1.29, 1.82) is 0 Å².